The number of rotatable bonds is 4. The van der Waals surface area contributed by atoms with E-state index in [1.54, 1.807) is 37.5 Å². The first kappa shape index (κ1) is 28.0. The zero-order valence-corrected chi connectivity index (χ0v) is 20.6. The van der Waals surface area contributed by atoms with E-state index in [0.29, 0.717) is 26.1 Å². The third-order valence-corrected chi connectivity index (χ3v) is 4.22. The van der Waals surface area contributed by atoms with Crippen molar-refractivity contribution in [2.24, 2.45) is 0 Å². The summed E-state index contributed by atoms with van der Waals surface area (Å²) < 4.78 is 16.0. The number of carbonyl (C=O) groups is 3. The lowest BCUT2D eigenvalue weighted by Crippen LogP contribution is -2.64. The number of amides is 2. The highest BCUT2D eigenvalue weighted by Gasteiger charge is 2.44. The molecule has 0 aromatic heterocycles. The predicted molar refractivity (Wildman–Crippen MR) is 116 cm³/mol. The molecule has 0 aliphatic carbocycles. The van der Waals surface area contributed by atoms with Gasteiger partial charge in [-0.2, -0.15) is 0 Å². The Hall–Kier alpha value is -1.99. The van der Waals surface area contributed by atoms with Crippen LogP contribution in [0.5, 0.6) is 0 Å². The van der Waals surface area contributed by atoms with Gasteiger partial charge >= 0.3 is 18.2 Å². The van der Waals surface area contributed by atoms with Crippen molar-refractivity contribution in [3.05, 3.63) is 0 Å². The molecule has 0 spiro atoms. The van der Waals surface area contributed by atoms with Crippen molar-refractivity contribution in [2.45, 2.75) is 98.8 Å². The van der Waals surface area contributed by atoms with Crippen LogP contribution in [0.15, 0.2) is 0 Å². The Morgan fingerprint density at radius 3 is 1.87 bits per heavy atom. The van der Waals surface area contributed by atoms with E-state index >= 15 is 0 Å². The fourth-order valence-electron chi connectivity index (χ4n) is 3.00. The fourth-order valence-corrected chi connectivity index (χ4v) is 3.00. The number of hydrogen-bond donors (Lipinski definition) is 0. The zero-order chi connectivity index (χ0) is 23.8. The van der Waals surface area contributed by atoms with Crippen LogP contribution in [0, 0.1) is 0 Å². The second-order valence-corrected chi connectivity index (χ2v) is 9.34. The standard InChI is InChI=1S/C20H36N2O6.C2H6/c1-9-26-15(23)10-11-20(8)14-21(16(24)27-18(2,3)4)12-13-22(20)17(25)28-19(5,6)7;1-2/h9-14H2,1-8H3;1-2H3. The van der Waals surface area contributed by atoms with Crippen LogP contribution < -0.4 is 0 Å². The number of ether oxygens (including phenoxy) is 3. The summed E-state index contributed by atoms with van der Waals surface area (Å²) in [7, 11) is 0. The highest BCUT2D eigenvalue weighted by Crippen LogP contribution is 2.29. The first-order valence-corrected chi connectivity index (χ1v) is 10.8. The van der Waals surface area contributed by atoms with Gasteiger partial charge in [0, 0.05) is 26.1 Å². The summed E-state index contributed by atoms with van der Waals surface area (Å²) in [6.07, 6.45) is -0.391. The molecule has 1 heterocycles. The molecule has 8 nitrogen and oxygen atoms in total. The fraction of sp³-hybridized carbons (Fsp3) is 0.864. The van der Waals surface area contributed by atoms with E-state index in [1.807, 2.05) is 41.5 Å². The van der Waals surface area contributed by atoms with Gasteiger partial charge in [0.25, 0.3) is 0 Å². The molecule has 1 aliphatic rings. The third-order valence-electron chi connectivity index (χ3n) is 4.22. The second-order valence-electron chi connectivity index (χ2n) is 9.34. The largest absolute Gasteiger partial charge is 0.466 e. The number of nitrogens with zero attached hydrogens (tertiary/aromatic N) is 2. The predicted octanol–water partition coefficient (Wildman–Crippen LogP) is 4.60. The minimum atomic E-state index is -0.774. The van der Waals surface area contributed by atoms with Crippen LogP contribution in [0.3, 0.4) is 0 Å². The van der Waals surface area contributed by atoms with Gasteiger partial charge in [-0.3, -0.25) is 9.69 Å². The quantitative estimate of drug-likeness (QED) is 0.478. The topological polar surface area (TPSA) is 85.4 Å². The lowest BCUT2D eigenvalue weighted by molar-refractivity contribution is -0.144. The van der Waals surface area contributed by atoms with E-state index in [-0.39, 0.29) is 18.9 Å². The lowest BCUT2D eigenvalue weighted by Gasteiger charge is -2.48. The molecule has 0 aromatic carbocycles. The SMILES string of the molecule is CC.CCOC(=O)CCC1(C)CN(C(=O)OC(C)(C)C)CCN1C(=O)OC(C)(C)C. The second kappa shape index (κ2) is 11.4. The zero-order valence-electron chi connectivity index (χ0n) is 20.6. The molecular weight excluding hydrogens is 388 g/mol. The van der Waals surface area contributed by atoms with Crippen molar-refractivity contribution in [1.82, 2.24) is 9.80 Å². The molecule has 30 heavy (non-hydrogen) atoms. The summed E-state index contributed by atoms with van der Waals surface area (Å²) in [6.45, 7) is 19.6. The van der Waals surface area contributed by atoms with Crippen LogP contribution in [-0.4, -0.2) is 70.9 Å². The van der Waals surface area contributed by atoms with Crippen molar-refractivity contribution in [1.29, 1.82) is 0 Å². The Labute approximate surface area is 182 Å². The average molecular weight is 431 g/mol. The Kier molecular flexibility index (Phi) is 10.7. The number of hydrogen-bond acceptors (Lipinski definition) is 6. The molecule has 1 unspecified atom stereocenters. The molecule has 1 fully saturated rings. The van der Waals surface area contributed by atoms with Crippen molar-refractivity contribution in [3.8, 4) is 0 Å². The molecule has 0 aromatic rings. The number of carbonyl (C=O) groups excluding carboxylic acids is 3. The van der Waals surface area contributed by atoms with Gasteiger partial charge in [-0.1, -0.05) is 13.8 Å². The van der Waals surface area contributed by atoms with Crippen molar-refractivity contribution in [3.63, 3.8) is 0 Å². The molecular formula is C22H42N2O6. The summed E-state index contributed by atoms with van der Waals surface area (Å²) in [5.41, 5.74) is -2.02. The maximum absolute atomic E-state index is 12.8. The van der Waals surface area contributed by atoms with Crippen molar-refractivity contribution >= 4 is 18.2 Å². The molecule has 0 radical (unpaired) electrons. The van der Waals surface area contributed by atoms with Crippen LogP contribution in [0.25, 0.3) is 0 Å². The van der Waals surface area contributed by atoms with Gasteiger partial charge in [0.1, 0.15) is 11.2 Å². The van der Waals surface area contributed by atoms with Crippen LogP contribution in [-0.2, 0) is 19.0 Å². The highest BCUT2D eigenvalue weighted by molar-refractivity contribution is 5.73. The van der Waals surface area contributed by atoms with Gasteiger partial charge < -0.3 is 19.1 Å². The molecule has 0 bridgehead atoms. The number of esters is 1. The minimum absolute atomic E-state index is 0.145. The highest BCUT2D eigenvalue weighted by atomic mass is 16.6. The first-order chi connectivity index (χ1) is 13.7. The molecule has 0 N–H and O–H groups in total. The van der Waals surface area contributed by atoms with E-state index in [9.17, 15) is 14.4 Å². The summed E-state index contributed by atoms with van der Waals surface area (Å²) in [4.78, 5) is 40.3. The lowest BCUT2D eigenvalue weighted by atomic mass is 9.91. The summed E-state index contributed by atoms with van der Waals surface area (Å²) >= 11 is 0. The number of piperazine rings is 1. The Bertz CT molecular complexity index is 579. The summed E-state index contributed by atoms with van der Waals surface area (Å²) in [5.74, 6) is -0.331. The maximum Gasteiger partial charge on any atom is 0.410 e. The summed E-state index contributed by atoms with van der Waals surface area (Å²) in [6, 6.07) is 0. The van der Waals surface area contributed by atoms with E-state index in [2.05, 4.69) is 0 Å². The maximum atomic E-state index is 12.8. The molecule has 0 saturated carbocycles. The van der Waals surface area contributed by atoms with Gasteiger partial charge in [-0.15, -0.1) is 0 Å². The molecule has 1 rings (SSSR count). The van der Waals surface area contributed by atoms with Crippen molar-refractivity contribution < 1.29 is 28.6 Å². The van der Waals surface area contributed by atoms with Crippen LogP contribution in [0.4, 0.5) is 9.59 Å². The van der Waals surface area contributed by atoms with E-state index in [4.69, 9.17) is 14.2 Å². The average Bonchev–Trinajstić information content (AvgIpc) is 2.59. The molecule has 1 atom stereocenters. The Morgan fingerprint density at radius 2 is 1.40 bits per heavy atom. The van der Waals surface area contributed by atoms with Gasteiger partial charge in [0.05, 0.1) is 12.1 Å². The molecule has 2 amide bonds. The Balaban J connectivity index is 0.00000407. The smallest absolute Gasteiger partial charge is 0.410 e. The van der Waals surface area contributed by atoms with E-state index < -0.39 is 28.9 Å². The molecule has 176 valence electrons. The summed E-state index contributed by atoms with van der Waals surface area (Å²) in [5, 5.41) is 0. The normalized spacial score (nSPS) is 19.4. The van der Waals surface area contributed by atoms with Crippen LogP contribution in [0.1, 0.15) is 82.1 Å². The van der Waals surface area contributed by atoms with Crippen LogP contribution >= 0.6 is 0 Å². The Morgan fingerprint density at radius 1 is 0.900 bits per heavy atom. The molecule has 1 aliphatic heterocycles. The first-order valence-electron chi connectivity index (χ1n) is 10.8. The van der Waals surface area contributed by atoms with Crippen molar-refractivity contribution in [2.75, 3.05) is 26.2 Å². The van der Waals surface area contributed by atoms with Gasteiger partial charge in [-0.05, 0) is 61.8 Å². The monoisotopic (exact) mass is 430 g/mol. The third kappa shape index (κ3) is 9.67. The van der Waals surface area contributed by atoms with Crippen LogP contribution in [0.2, 0.25) is 0 Å². The van der Waals surface area contributed by atoms with Gasteiger partial charge in [0.15, 0.2) is 0 Å². The van der Waals surface area contributed by atoms with E-state index in [1.165, 1.54) is 0 Å². The minimum Gasteiger partial charge on any atom is -0.466 e. The van der Waals surface area contributed by atoms with Gasteiger partial charge in [0.2, 0.25) is 0 Å². The molecule has 1 saturated heterocycles. The van der Waals surface area contributed by atoms with Gasteiger partial charge in [-0.25, -0.2) is 9.59 Å². The van der Waals surface area contributed by atoms with E-state index in [0.717, 1.165) is 0 Å². The molecule has 8 heteroatoms.